The first-order valence-corrected chi connectivity index (χ1v) is 6.51. The molecule has 4 heteroatoms. The van der Waals surface area contributed by atoms with E-state index in [1.165, 1.54) is 19.4 Å². The van der Waals surface area contributed by atoms with Crippen molar-refractivity contribution >= 4 is 0 Å². The standard InChI is InChI=1S/C12H24N2O2/c1-11-12(3-8-16-11)13-4-2-5-14-6-9-15-10-7-14/h11-13H,2-10H2,1H3. The number of nitrogens with one attached hydrogen (secondary N) is 1. The zero-order chi connectivity index (χ0) is 11.2. The molecule has 0 spiro atoms. The molecule has 94 valence electrons. The topological polar surface area (TPSA) is 33.7 Å². The molecule has 2 rings (SSSR count). The quantitative estimate of drug-likeness (QED) is 0.694. The van der Waals surface area contributed by atoms with Gasteiger partial charge in [0, 0.05) is 25.7 Å². The molecular weight excluding hydrogens is 204 g/mol. The van der Waals surface area contributed by atoms with Crippen molar-refractivity contribution in [3.05, 3.63) is 0 Å². The maximum Gasteiger partial charge on any atom is 0.0700 e. The summed E-state index contributed by atoms with van der Waals surface area (Å²) >= 11 is 0. The van der Waals surface area contributed by atoms with Crippen LogP contribution in [-0.4, -0.2) is 63.0 Å². The number of rotatable bonds is 5. The average molecular weight is 228 g/mol. The van der Waals surface area contributed by atoms with Crippen molar-refractivity contribution < 1.29 is 9.47 Å². The molecule has 0 radical (unpaired) electrons. The Labute approximate surface area is 98.3 Å². The van der Waals surface area contributed by atoms with Crippen LogP contribution < -0.4 is 5.32 Å². The maximum absolute atomic E-state index is 5.52. The summed E-state index contributed by atoms with van der Waals surface area (Å²) in [6, 6.07) is 0.574. The minimum absolute atomic E-state index is 0.392. The van der Waals surface area contributed by atoms with Gasteiger partial charge in [-0.2, -0.15) is 0 Å². The molecule has 0 saturated carbocycles. The van der Waals surface area contributed by atoms with E-state index in [0.717, 1.165) is 39.5 Å². The van der Waals surface area contributed by atoms with E-state index in [0.29, 0.717) is 12.1 Å². The predicted molar refractivity (Wildman–Crippen MR) is 63.7 cm³/mol. The molecule has 0 aliphatic carbocycles. The highest BCUT2D eigenvalue weighted by Crippen LogP contribution is 2.12. The molecule has 2 saturated heterocycles. The molecule has 2 fully saturated rings. The van der Waals surface area contributed by atoms with Gasteiger partial charge in [-0.25, -0.2) is 0 Å². The molecule has 1 N–H and O–H groups in total. The maximum atomic E-state index is 5.52. The molecule has 0 aromatic carbocycles. The van der Waals surface area contributed by atoms with Crippen LogP contribution in [0.25, 0.3) is 0 Å². The van der Waals surface area contributed by atoms with Gasteiger partial charge in [-0.15, -0.1) is 0 Å². The first-order valence-electron chi connectivity index (χ1n) is 6.51. The van der Waals surface area contributed by atoms with Crippen LogP contribution in [0.15, 0.2) is 0 Å². The predicted octanol–water partition coefficient (Wildman–Crippen LogP) is 0.476. The molecule has 2 aliphatic rings. The molecule has 2 atom stereocenters. The fourth-order valence-electron chi connectivity index (χ4n) is 2.41. The van der Waals surface area contributed by atoms with Crippen LogP contribution in [0.5, 0.6) is 0 Å². The van der Waals surface area contributed by atoms with Crippen molar-refractivity contribution in [1.82, 2.24) is 10.2 Å². The van der Waals surface area contributed by atoms with E-state index in [1.54, 1.807) is 0 Å². The van der Waals surface area contributed by atoms with Gasteiger partial charge >= 0.3 is 0 Å². The van der Waals surface area contributed by atoms with Crippen molar-refractivity contribution in [3.8, 4) is 0 Å². The molecule has 0 bridgehead atoms. The summed E-state index contributed by atoms with van der Waals surface area (Å²) in [6.45, 7) is 9.39. The Hall–Kier alpha value is -0.160. The van der Waals surface area contributed by atoms with Crippen LogP contribution >= 0.6 is 0 Å². The van der Waals surface area contributed by atoms with Gasteiger partial charge in [-0.1, -0.05) is 0 Å². The van der Waals surface area contributed by atoms with Crippen LogP contribution in [0.4, 0.5) is 0 Å². The van der Waals surface area contributed by atoms with Crippen LogP contribution in [0.1, 0.15) is 19.8 Å². The van der Waals surface area contributed by atoms with Crippen molar-refractivity contribution in [3.63, 3.8) is 0 Å². The highest BCUT2D eigenvalue weighted by molar-refractivity contribution is 4.79. The fraction of sp³-hybridized carbons (Fsp3) is 1.00. The normalized spacial score (nSPS) is 32.1. The smallest absolute Gasteiger partial charge is 0.0700 e. The Balaban J connectivity index is 1.51. The van der Waals surface area contributed by atoms with E-state index >= 15 is 0 Å². The van der Waals surface area contributed by atoms with Crippen LogP contribution in [0, 0.1) is 0 Å². The number of nitrogens with zero attached hydrogens (tertiary/aromatic N) is 1. The molecule has 0 aromatic rings. The van der Waals surface area contributed by atoms with E-state index < -0.39 is 0 Å². The number of ether oxygens (including phenoxy) is 2. The summed E-state index contributed by atoms with van der Waals surface area (Å²) in [5.74, 6) is 0. The molecular formula is C12H24N2O2. The van der Waals surface area contributed by atoms with Crippen molar-refractivity contribution in [2.24, 2.45) is 0 Å². The van der Waals surface area contributed by atoms with E-state index in [1.807, 2.05) is 0 Å². The van der Waals surface area contributed by atoms with E-state index in [-0.39, 0.29) is 0 Å². The summed E-state index contributed by atoms with van der Waals surface area (Å²) in [7, 11) is 0. The molecule has 0 aromatic heterocycles. The molecule has 4 nitrogen and oxygen atoms in total. The number of hydrogen-bond donors (Lipinski definition) is 1. The van der Waals surface area contributed by atoms with Gasteiger partial charge in [-0.05, 0) is 32.9 Å². The van der Waals surface area contributed by atoms with Gasteiger partial charge in [0.15, 0.2) is 0 Å². The van der Waals surface area contributed by atoms with Crippen molar-refractivity contribution in [2.45, 2.75) is 31.9 Å². The third-order valence-electron chi connectivity index (χ3n) is 3.54. The lowest BCUT2D eigenvalue weighted by molar-refractivity contribution is 0.0372. The van der Waals surface area contributed by atoms with E-state index in [2.05, 4.69) is 17.1 Å². The molecule has 16 heavy (non-hydrogen) atoms. The third-order valence-corrected chi connectivity index (χ3v) is 3.54. The zero-order valence-corrected chi connectivity index (χ0v) is 10.3. The Kier molecular flexibility index (Phi) is 5.03. The van der Waals surface area contributed by atoms with Gasteiger partial charge in [0.05, 0.1) is 19.3 Å². The highest BCUT2D eigenvalue weighted by Gasteiger charge is 2.23. The number of morpholine rings is 1. The van der Waals surface area contributed by atoms with Gasteiger partial charge in [0.25, 0.3) is 0 Å². The second kappa shape index (κ2) is 6.55. The Morgan fingerprint density at radius 3 is 2.75 bits per heavy atom. The summed E-state index contributed by atoms with van der Waals surface area (Å²) in [6.07, 6.45) is 2.78. The Morgan fingerprint density at radius 2 is 2.06 bits per heavy atom. The zero-order valence-electron chi connectivity index (χ0n) is 10.3. The lowest BCUT2D eigenvalue weighted by Crippen LogP contribution is -2.39. The van der Waals surface area contributed by atoms with Gasteiger partial charge in [0.1, 0.15) is 0 Å². The fourth-order valence-corrected chi connectivity index (χ4v) is 2.41. The third kappa shape index (κ3) is 3.70. The Bertz CT molecular complexity index is 195. The lowest BCUT2D eigenvalue weighted by atomic mass is 10.1. The second-order valence-corrected chi connectivity index (χ2v) is 4.73. The van der Waals surface area contributed by atoms with E-state index in [9.17, 15) is 0 Å². The number of hydrogen-bond acceptors (Lipinski definition) is 4. The van der Waals surface area contributed by atoms with Crippen LogP contribution in [0.3, 0.4) is 0 Å². The minimum Gasteiger partial charge on any atom is -0.379 e. The van der Waals surface area contributed by atoms with Gasteiger partial charge < -0.3 is 14.8 Å². The van der Waals surface area contributed by atoms with Gasteiger partial charge in [-0.3, -0.25) is 4.90 Å². The van der Waals surface area contributed by atoms with Crippen molar-refractivity contribution in [1.29, 1.82) is 0 Å². The molecule has 2 unspecified atom stereocenters. The SMILES string of the molecule is CC1OCCC1NCCCN1CCOCC1. The summed E-state index contributed by atoms with van der Waals surface area (Å²) in [4.78, 5) is 2.49. The summed E-state index contributed by atoms with van der Waals surface area (Å²) < 4.78 is 10.9. The molecule has 2 heterocycles. The largest absolute Gasteiger partial charge is 0.379 e. The van der Waals surface area contributed by atoms with Crippen LogP contribution in [0.2, 0.25) is 0 Å². The molecule has 0 amide bonds. The highest BCUT2D eigenvalue weighted by atomic mass is 16.5. The Morgan fingerprint density at radius 1 is 1.25 bits per heavy atom. The summed E-state index contributed by atoms with van der Waals surface area (Å²) in [5.41, 5.74) is 0. The average Bonchev–Trinajstić information content (AvgIpc) is 2.72. The van der Waals surface area contributed by atoms with Crippen LogP contribution in [-0.2, 0) is 9.47 Å². The van der Waals surface area contributed by atoms with Gasteiger partial charge in [0.2, 0.25) is 0 Å². The van der Waals surface area contributed by atoms with E-state index in [4.69, 9.17) is 9.47 Å². The minimum atomic E-state index is 0.392. The lowest BCUT2D eigenvalue weighted by Gasteiger charge is -2.26. The first kappa shape index (κ1) is 12.3. The second-order valence-electron chi connectivity index (χ2n) is 4.73. The summed E-state index contributed by atoms with van der Waals surface area (Å²) in [5, 5.41) is 3.59. The van der Waals surface area contributed by atoms with Crippen molar-refractivity contribution in [2.75, 3.05) is 46.0 Å². The monoisotopic (exact) mass is 228 g/mol. The molecule has 2 aliphatic heterocycles. The first-order chi connectivity index (χ1) is 7.86.